The largest absolute Gasteiger partial charge is 0.484 e. The van der Waals surface area contributed by atoms with E-state index in [0.29, 0.717) is 15.8 Å². The van der Waals surface area contributed by atoms with Crippen LogP contribution in [0.3, 0.4) is 0 Å². The van der Waals surface area contributed by atoms with Crippen LogP contribution in [-0.4, -0.2) is 35.4 Å². The van der Waals surface area contributed by atoms with Gasteiger partial charge in [0.2, 0.25) is 5.91 Å². The minimum atomic E-state index is -0.639. The number of hydrogen-bond donors (Lipinski definition) is 1. The topological polar surface area (TPSA) is 58.6 Å². The highest BCUT2D eigenvalue weighted by Gasteiger charge is 2.28. The standard InChI is InChI=1S/C23H26Cl2N2O3/c1-16(23(29)26-20-9-2-3-10-20)27(14-17-6-4-7-18(24)12-17)22(28)15-30-21-11-5-8-19(25)13-21/h4-8,11-13,16,20H,2-3,9-10,14-15H2,1H3,(H,26,29). The molecule has 0 aromatic heterocycles. The Balaban J connectivity index is 1.71. The van der Waals surface area contributed by atoms with Crippen molar-refractivity contribution in [2.24, 2.45) is 0 Å². The van der Waals surface area contributed by atoms with Crippen LogP contribution in [-0.2, 0) is 16.1 Å². The molecule has 1 N–H and O–H groups in total. The van der Waals surface area contributed by atoms with Crippen LogP contribution in [0.2, 0.25) is 10.0 Å². The molecule has 0 radical (unpaired) electrons. The number of hydrogen-bond acceptors (Lipinski definition) is 3. The lowest BCUT2D eigenvalue weighted by Crippen LogP contribution is -2.50. The Hall–Kier alpha value is -2.24. The zero-order valence-electron chi connectivity index (χ0n) is 16.9. The first kappa shape index (κ1) is 22.4. The fourth-order valence-corrected chi connectivity index (χ4v) is 3.98. The van der Waals surface area contributed by atoms with E-state index in [9.17, 15) is 9.59 Å². The van der Waals surface area contributed by atoms with E-state index in [0.717, 1.165) is 31.2 Å². The Bertz CT molecular complexity index is 884. The van der Waals surface area contributed by atoms with Crippen LogP contribution in [0.5, 0.6) is 5.75 Å². The third-order valence-corrected chi connectivity index (χ3v) is 5.74. The molecule has 1 unspecified atom stereocenters. The average molecular weight is 449 g/mol. The van der Waals surface area contributed by atoms with Crippen LogP contribution in [0, 0.1) is 0 Å². The molecule has 1 saturated carbocycles. The van der Waals surface area contributed by atoms with Crippen molar-refractivity contribution in [3.63, 3.8) is 0 Å². The second kappa shape index (κ2) is 10.7. The van der Waals surface area contributed by atoms with Gasteiger partial charge in [-0.25, -0.2) is 0 Å². The number of rotatable bonds is 8. The highest BCUT2D eigenvalue weighted by Crippen LogP contribution is 2.20. The van der Waals surface area contributed by atoms with E-state index in [-0.39, 0.29) is 31.0 Å². The van der Waals surface area contributed by atoms with Crippen molar-refractivity contribution in [1.82, 2.24) is 10.2 Å². The Morgan fingerprint density at radius 1 is 1.10 bits per heavy atom. The molecule has 1 atom stereocenters. The molecule has 0 aliphatic heterocycles. The molecule has 2 aromatic carbocycles. The summed E-state index contributed by atoms with van der Waals surface area (Å²) in [4.78, 5) is 27.4. The number of halogens is 2. The molecule has 0 heterocycles. The number of nitrogens with one attached hydrogen (secondary N) is 1. The molecule has 30 heavy (non-hydrogen) atoms. The summed E-state index contributed by atoms with van der Waals surface area (Å²) in [5.41, 5.74) is 0.846. The summed E-state index contributed by atoms with van der Waals surface area (Å²) < 4.78 is 5.62. The number of carbonyl (C=O) groups is 2. The van der Waals surface area contributed by atoms with E-state index in [1.54, 1.807) is 43.3 Å². The monoisotopic (exact) mass is 448 g/mol. The van der Waals surface area contributed by atoms with Crippen molar-refractivity contribution in [1.29, 1.82) is 0 Å². The SMILES string of the molecule is CC(C(=O)NC1CCCC1)N(Cc1cccc(Cl)c1)C(=O)COc1cccc(Cl)c1. The Kier molecular flexibility index (Phi) is 8.00. The molecule has 2 aromatic rings. The lowest BCUT2D eigenvalue weighted by atomic mass is 10.1. The van der Waals surface area contributed by atoms with Crippen LogP contribution in [0.1, 0.15) is 38.2 Å². The number of nitrogens with zero attached hydrogens (tertiary/aromatic N) is 1. The van der Waals surface area contributed by atoms with Crippen LogP contribution in [0.15, 0.2) is 48.5 Å². The van der Waals surface area contributed by atoms with Crippen molar-refractivity contribution in [2.75, 3.05) is 6.61 Å². The minimum Gasteiger partial charge on any atom is -0.484 e. The van der Waals surface area contributed by atoms with Crippen molar-refractivity contribution in [2.45, 2.75) is 51.2 Å². The smallest absolute Gasteiger partial charge is 0.261 e. The summed E-state index contributed by atoms with van der Waals surface area (Å²) in [7, 11) is 0. The van der Waals surface area contributed by atoms with Gasteiger partial charge in [-0.15, -0.1) is 0 Å². The van der Waals surface area contributed by atoms with Gasteiger partial charge in [-0.05, 0) is 55.7 Å². The molecule has 0 spiro atoms. The number of amides is 2. The van der Waals surface area contributed by atoms with Gasteiger partial charge in [0, 0.05) is 22.6 Å². The molecule has 0 saturated heterocycles. The Morgan fingerprint density at radius 2 is 1.77 bits per heavy atom. The van der Waals surface area contributed by atoms with Crippen LogP contribution in [0.4, 0.5) is 0 Å². The Labute approximate surface area is 187 Å². The number of benzene rings is 2. The summed E-state index contributed by atoms with van der Waals surface area (Å²) in [6.07, 6.45) is 4.22. The normalized spacial score (nSPS) is 14.9. The van der Waals surface area contributed by atoms with E-state index in [1.807, 2.05) is 12.1 Å². The zero-order chi connectivity index (χ0) is 21.5. The minimum absolute atomic E-state index is 0.153. The van der Waals surface area contributed by atoms with Crippen molar-refractivity contribution < 1.29 is 14.3 Å². The van der Waals surface area contributed by atoms with E-state index in [2.05, 4.69) is 5.32 Å². The van der Waals surface area contributed by atoms with E-state index in [1.165, 1.54) is 4.90 Å². The fraction of sp³-hybridized carbons (Fsp3) is 0.391. The maximum absolute atomic E-state index is 13.0. The molecule has 160 valence electrons. The quantitative estimate of drug-likeness (QED) is 0.627. The third kappa shape index (κ3) is 6.38. The van der Waals surface area contributed by atoms with Gasteiger partial charge in [0.25, 0.3) is 5.91 Å². The van der Waals surface area contributed by atoms with Gasteiger partial charge in [0.15, 0.2) is 6.61 Å². The fourth-order valence-electron chi connectivity index (χ4n) is 3.59. The summed E-state index contributed by atoms with van der Waals surface area (Å²) in [6, 6.07) is 13.7. The van der Waals surface area contributed by atoms with E-state index in [4.69, 9.17) is 27.9 Å². The predicted molar refractivity (Wildman–Crippen MR) is 119 cm³/mol. The maximum Gasteiger partial charge on any atom is 0.261 e. The molecule has 7 heteroatoms. The molecule has 2 amide bonds. The summed E-state index contributed by atoms with van der Waals surface area (Å²) >= 11 is 12.1. The maximum atomic E-state index is 13.0. The number of ether oxygens (including phenoxy) is 1. The summed E-state index contributed by atoms with van der Waals surface area (Å²) in [5, 5.41) is 4.18. The average Bonchev–Trinajstić information content (AvgIpc) is 3.23. The molecule has 3 rings (SSSR count). The van der Waals surface area contributed by atoms with Gasteiger partial charge >= 0.3 is 0 Å². The number of carbonyl (C=O) groups excluding carboxylic acids is 2. The van der Waals surface area contributed by atoms with Crippen molar-refractivity contribution >= 4 is 35.0 Å². The first-order valence-electron chi connectivity index (χ1n) is 10.1. The van der Waals surface area contributed by atoms with E-state index >= 15 is 0 Å². The molecule has 5 nitrogen and oxygen atoms in total. The van der Waals surface area contributed by atoms with Crippen LogP contribution in [0.25, 0.3) is 0 Å². The molecule has 1 aliphatic rings. The third-order valence-electron chi connectivity index (χ3n) is 5.27. The molecular weight excluding hydrogens is 423 g/mol. The van der Waals surface area contributed by atoms with Gasteiger partial charge in [0.1, 0.15) is 11.8 Å². The summed E-state index contributed by atoms with van der Waals surface area (Å²) in [6.45, 7) is 1.81. The zero-order valence-corrected chi connectivity index (χ0v) is 18.5. The molecular formula is C23H26Cl2N2O3. The lowest BCUT2D eigenvalue weighted by molar-refractivity contribution is -0.142. The van der Waals surface area contributed by atoms with Crippen LogP contribution >= 0.6 is 23.2 Å². The van der Waals surface area contributed by atoms with Gasteiger partial charge in [-0.3, -0.25) is 9.59 Å². The van der Waals surface area contributed by atoms with Gasteiger partial charge in [0.05, 0.1) is 0 Å². The first-order valence-corrected chi connectivity index (χ1v) is 10.9. The second-order valence-electron chi connectivity index (χ2n) is 7.56. The predicted octanol–water partition coefficient (Wildman–Crippen LogP) is 4.85. The van der Waals surface area contributed by atoms with Gasteiger partial charge in [-0.2, -0.15) is 0 Å². The van der Waals surface area contributed by atoms with E-state index < -0.39 is 6.04 Å². The Morgan fingerprint density at radius 3 is 2.43 bits per heavy atom. The first-order chi connectivity index (χ1) is 14.4. The van der Waals surface area contributed by atoms with Crippen molar-refractivity contribution in [3.05, 3.63) is 64.1 Å². The summed E-state index contributed by atoms with van der Waals surface area (Å²) in [5.74, 6) is 0.0608. The molecule has 1 fully saturated rings. The highest BCUT2D eigenvalue weighted by atomic mass is 35.5. The second-order valence-corrected chi connectivity index (χ2v) is 8.44. The highest BCUT2D eigenvalue weighted by molar-refractivity contribution is 6.30. The van der Waals surface area contributed by atoms with Crippen LogP contribution < -0.4 is 10.1 Å². The van der Waals surface area contributed by atoms with Gasteiger partial charge < -0.3 is 15.0 Å². The lowest BCUT2D eigenvalue weighted by Gasteiger charge is -2.29. The van der Waals surface area contributed by atoms with Crippen molar-refractivity contribution in [3.8, 4) is 5.75 Å². The molecule has 0 bridgehead atoms. The molecule has 1 aliphatic carbocycles. The van der Waals surface area contributed by atoms with Gasteiger partial charge in [-0.1, -0.05) is 54.2 Å².